The number of aromatic nitrogens is 2. The average molecular weight is 400 g/mol. The van der Waals surface area contributed by atoms with Crippen LogP contribution in [-0.4, -0.2) is 36.0 Å². The second-order valence-electron chi connectivity index (χ2n) is 6.49. The molecule has 0 aliphatic heterocycles. The topological polar surface area (TPSA) is 124 Å². The molecule has 28 heavy (non-hydrogen) atoms. The minimum atomic E-state index is -3.35. The van der Waals surface area contributed by atoms with Crippen LogP contribution in [0.2, 0.25) is 0 Å². The molecule has 0 radical (unpaired) electrons. The standard InChI is InChI=1S/C19H20N4O4S/c1-28(26,27)12-16-21-14-9-5-6-10-15(14)23(16)11-17(24)22-18(19(20)25)13-7-3-2-4-8-13/h2-10,18H,11-12H2,1H3,(H2,20,25)(H,22,24)/t18-/m1/s1. The van der Waals surface area contributed by atoms with Gasteiger partial charge >= 0.3 is 0 Å². The van der Waals surface area contributed by atoms with E-state index in [1.807, 2.05) is 0 Å². The summed E-state index contributed by atoms with van der Waals surface area (Å²) >= 11 is 0. The highest BCUT2D eigenvalue weighted by molar-refractivity contribution is 7.89. The summed E-state index contributed by atoms with van der Waals surface area (Å²) in [6.07, 6.45) is 1.11. The van der Waals surface area contributed by atoms with Gasteiger partial charge in [-0.3, -0.25) is 9.59 Å². The van der Waals surface area contributed by atoms with E-state index in [9.17, 15) is 18.0 Å². The van der Waals surface area contributed by atoms with E-state index < -0.39 is 27.7 Å². The maximum Gasteiger partial charge on any atom is 0.244 e. The number of sulfone groups is 1. The van der Waals surface area contributed by atoms with Gasteiger partial charge in [0.1, 0.15) is 24.2 Å². The zero-order valence-corrected chi connectivity index (χ0v) is 16.0. The third-order valence-electron chi connectivity index (χ3n) is 4.15. The highest BCUT2D eigenvalue weighted by atomic mass is 32.2. The number of para-hydroxylation sites is 2. The summed E-state index contributed by atoms with van der Waals surface area (Å²) in [6.45, 7) is -0.192. The number of benzene rings is 2. The lowest BCUT2D eigenvalue weighted by atomic mass is 10.1. The zero-order chi connectivity index (χ0) is 20.3. The van der Waals surface area contributed by atoms with Gasteiger partial charge in [-0.15, -0.1) is 0 Å². The van der Waals surface area contributed by atoms with Crippen molar-refractivity contribution in [1.82, 2.24) is 14.9 Å². The second-order valence-corrected chi connectivity index (χ2v) is 8.63. The molecule has 1 heterocycles. The van der Waals surface area contributed by atoms with Crippen LogP contribution in [0.25, 0.3) is 11.0 Å². The molecule has 0 spiro atoms. The first-order valence-electron chi connectivity index (χ1n) is 8.50. The number of primary amides is 1. The summed E-state index contributed by atoms with van der Waals surface area (Å²) in [7, 11) is -3.35. The highest BCUT2D eigenvalue weighted by Crippen LogP contribution is 2.18. The van der Waals surface area contributed by atoms with E-state index >= 15 is 0 Å². The maximum absolute atomic E-state index is 12.6. The number of carbonyl (C=O) groups excluding carboxylic acids is 2. The summed E-state index contributed by atoms with van der Waals surface area (Å²) in [4.78, 5) is 28.8. The molecule has 3 rings (SSSR count). The van der Waals surface area contributed by atoms with Crippen molar-refractivity contribution in [2.24, 2.45) is 5.73 Å². The third-order valence-corrected chi connectivity index (χ3v) is 4.93. The summed E-state index contributed by atoms with van der Waals surface area (Å²) in [6, 6.07) is 14.7. The molecule has 3 aromatic rings. The van der Waals surface area contributed by atoms with Crippen LogP contribution in [0.1, 0.15) is 17.4 Å². The second kappa shape index (κ2) is 7.81. The van der Waals surface area contributed by atoms with Gasteiger partial charge in [0.25, 0.3) is 0 Å². The number of amides is 2. The quantitative estimate of drug-likeness (QED) is 0.610. The van der Waals surface area contributed by atoms with E-state index in [2.05, 4.69) is 10.3 Å². The Bertz CT molecular complexity index is 1120. The van der Waals surface area contributed by atoms with Gasteiger partial charge in [0.2, 0.25) is 11.8 Å². The van der Waals surface area contributed by atoms with Gasteiger partial charge in [-0.1, -0.05) is 42.5 Å². The molecule has 1 aromatic heterocycles. The highest BCUT2D eigenvalue weighted by Gasteiger charge is 2.22. The first-order valence-corrected chi connectivity index (χ1v) is 10.6. The molecule has 9 heteroatoms. The molecule has 2 aromatic carbocycles. The molecule has 1 atom stereocenters. The third kappa shape index (κ3) is 4.55. The molecule has 2 amide bonds. The first kappa shape index (κ1) is 19.6. The fourth-order valence-electron chi connectivity index (χ4n) is 2.96. The monoisotopic (exact) mass is 400 g/mol. The Balaban J connectivity index is 1.90. The van der Waals surface area contributed by atoms with E-state index in [4.69, 9.17) is 5.73 Å². The van der Waals surface area contributed by atoms with Gasteiger partial charge in [0.05, 0.1) is 11.0 Å². The van der Waals surface area contributed by atoms with Crippen molar-refractivity contribution in [1.29, 1.82) is 0 Å². The summed E-state index contributed by atoms with van der Waals surface area (Å²) in [5, 5.41) is 2.61. The van der Waals surface area contributed by atoms with E-state index in [1.165, 1.54) is 4.57 Å². The largest absolute Gasteiger partial charge is 0.368 e. The molecule has 146 valence electrons. The Hall–Kier alpha value is -3.20. The Morgan fingerprint density at radius 1 is 1.11 bits per heavy atom. The number of nitrogens with two attached hydrogens (primary N) is 1. The lowest BCUT2D eigenvalue weighted by molar-refractivity contribution is -0.127. The van der Waals surface area contributed by atoms with Gasteiger partial charge in [-0.05, 0) is 17.7 Å². The molecule has 8 nitrogen and oxygen atoms in total. The van der Waals surface area contributed by atoms with Crippen LogP contribution in [0, 0.1) is 0 Å². The molecule has 3 N–H and O–H groups in total. The Morgan fingerprint density at radius 3 is 2.39 bits per heavy atom. The van der Waals surface area contributed by atoms with Crippen LogP contribution in [0.5, 0.6) is 0 Å². The van der Waals surface area contributed by atoms with Gasteiger partial charge < -0.3 is 15.6 Å². The van der Waals surface area contributed by atoms with Crippen LogP contribution < -0.4 is 11.1 Å². The molecule has 0 aliphatic carbocycles. The summed E-state index contributed by atoms with van der Waals surface area (Å²) in [5.41, 5.74) is 7.22. The molecule has 0 aliphatic rings. The van der Waals surface area contributed by atoms with E-state index in [1.54, 1.807) is 54.6 Å². The molecular formula is C19H20N4O4S. The number of imidazole rings is 1. The SMILES string of the molecule is CS(=O)(=O)Cc1nc2ccccc2n1CC(=O)N[C@@H](C(N)=O)c1ccccc1. The summed E-state index contributed by atoms with van der Waals surface area (Å²) in [5.74, 6) is -1.21. The fourth-order valence-corrected chi connectivity index (χ4v) is 3.65. The smallest absolute Gasteiger partial charge is 0.244 e. The van der Waals surface area contributed by atoms with Crippen molar-refractivity contribution in [3.05, 3.63) is 66.0 Å². The zero-order valence-electron chi connectivity index (χ0n) is 15.2. The Morgan fingerprint density at radius 2 is 1.75 bits per heavy atom. The number of hydrogen-bond acceptors (Lipinski definition) is 5. The van der Waals surface area contributed by atoms with Gasteiger partial charge in [-0.25, -0.2) is 13.4 Å². The van der Waals surface area contributed by atoms with Crippen molar-refractivity contribution in [2.75, 3.05) is 6.26 Å². The lowest BCUT2D eigenvalue weighted by Gasteiger charge is -2.17. The molecule has 0 saturated carbocycles. The molecule has 0 fully saturated rings. The van der Waals surface area contributed by atoms with Crippen molar-refractivity contribution in [3.63, 3.8) is 0 Å². The van der Waals surface area contributed by atoms with Crippen LogP contribution in [0.3, 0.4) is 0 Å². The number of hydrogen-bond donors (Lipinski definition) is 2. The maximum atomic E-state index is 12.6. The molecule has 0 saturated heterocycles. The van der Waals surface area contributed by atoms with Crippen LogP contribution in [-0.2, 0) is 31.7 Å². The minimum absolute atomic E-state index is 0.192. The van der Waals surface area contributed by atoms with E-state index in [-0.39, 0.29) is 18.1 Å². The predicted octanol–water partition coefficient (Wildman–Crippen LogP) is 0.924. The molecule has 0 bridgehead atoms. The summed E-state index contributed by atoms with van der Waals surface area (Å²) < 4.78 is 25.0. The van der Waals surface area contributed by atoms with Crippen LogP contribution in [0.15, 0.2) is 54.6 Å². The van der Waals surface area contributed by atoms with E-state index in [0.29, 0.717) is 16.6 Å². The minimum Gasteiger partial charge on any atom is -0.368 e. The van der Waals surface area contributed by atoms with Gasteiger partial charge in [0, 0.05) is 6.26 Å². The molecular weight excluding hydrogens is 380 g/mol. The van der Waals surface area contributed by atoms with Crippen LogP contribution >= 0.6 is 0 Å². The van der Waals surface area contributed by atoms with Crippen molar-refractivity contribution in [3.8, 4) is 0 Å². The number of fused-ring (bicyclic) bond motifs is 1. The first-order chi connectivity index (χ1) is 13.2. The normalized spacial score (nSPS) is 12.6. The van der Waals surface area contributed by atoms with Crippen molar-refractivity contribution >= 4 is 32.7 Å². The fraction of sp³-hybridized carbons (Fsp3) is 0.211. The Kier molecular flexibility index (Phi) is 5.46. The number of rotatable bonds is 7. The average Bonchev–Trinajstić information content (AvgIpc) is 2.95. The van der Waals surface area contributed by atoms with Crippen molar-refractivity contribution < 1.29 is 18.0 Å². The number of nitrogens with one attached hydrogen (secondary N) is 1. The molecule has 0 unspecified atom stereocenters. The Labute approximate surface area is 162 Å². The van der Waals surface area contributed by atoms with Crippen molar-refractivity contribution in [2.45, 2.75) is 18.3 Å². The number of nitrogens with zero attached hydrogens (tertiary/aromatic N) is 2. The number of carbonyl (C=O) groups is 2. The predicted molar refractivity (Wildman–Crippen MR) is 105 cm³/mol. The van der Waals surface area contributed by atoms with E-state index in [0.717, 1.165) is 6.26 Å². The lowest BCUT2D eigenvalue weighted by Crippen LogP contribution is -2.39. The van der Waals surface area contributed by atoms with Crippen LogP contribution in [0.4, 0.5) is 0 Å². The van der Waals surface area contributed by atoms with Gasteiger partial charge in [0.15, 0.2) is 9.84 Å². The van der Waals surface area contributed by atoms with Gasteiger partial charge in [-0.2, -0.15) is 0 Å².